The van der Waals surface area contributed by atoms with Crippen LogP contribution in [0.1, 0.15) is 6.92 Å². The summed E-state index contributed by atoms with van der Waals surface area (Å²) >= 11 is 3.17. The van der Waals surface area contributed by atoms with Gasteiger partial charge in [-0.05, 0) is 53.2 Å². The quantitative estimate of drug-likeness (QED) is 0.842. The summed E-state index contributed by atoms with van der Waals surface area (Å²) in [5, 5.41) is 0. The fourth-order valence-electron chi connectivity index (χ4n) is 1.62. The highest BCUT2D eigenvalue weighted by atomic mass is 79.9. The molecule has 2 aromatic rings. The maximum atomic E-state index is 12.2. The smallest absolute Gasteiger partial charge is 0.272 e. The van der Waals surface area contributed by atoms with Crippen molar-refractivity contribution in [2.24, 2.45) is 0 Å². The normalized spacial score (nSPS) is 11.1. The summed E-state index contributed by atoms with van der Waals surface area (Å²) in [4.78, 5) is 14.1. The Kier molecular flexibility index (Phi) is 4.69. The molecule has 0 amide bonds. The Hall–Kier alpha value is -1.80. The fourth-order valence-corrected chi connectivity index (χ4v) is 3.02. The number of ether oxygens (including phenoxy) is 1. The van der Waals surface area contributed by atoms with Crippen LogP contribution in [0.15, 0.2) is 50.7 Å². The van der Waals surface area contributed by atoms with Crippen LogP contribution in [-0.4, -0.2) is 20.0 Å². The molecule has 1 aromatic heterocycles. The standard InChI is InChI=1S/C13H13BrN2O4S/c1-2-20-10-3-5-11(6-4-10)21(18,19)16-12-7-9(14)8-15-13(12)17/h3-8,16H,2H2,1H3,(H,15,17). The monoisotopic (exact) mass is 372 g/mol. The first-order chi connectivity index (χ1) is 9.92. The highest BCUT2D eigenvalue weighted by Crippen LogP contribution is 2.19. The Balaban J connectivity index is 2.29. The van der Waals surface area contributed by atoms with Gasteiger partial charge < -0.3 is 9.72 Å². The van der Waals surface area contributed by atoms with Crippen LogP contribution in [0.2, 0.25) is 0 Å². The number of hydrogen-bond donors (Lipinski definition) is 2. The molecule has 0 fully saturated rings. The Bertz CT molecular complexity index is 785. The molecule has 0 radical (unpaired) electrons. The third kappa shape index (κ3) is 3.85. The maximum Gasteiger partial charge on any atom is 0.272 e. The average Bonchev–Trinajstić information content (AvgIpc) is 2.44. The van der Waals surface area contributed by atoms with Gasteiger partial charge in [0, 0.05) is 10.7 Å². The van der Waals surface area contributed by atoms with Crippen LogP contribution < -0.4 is 15.0 Å². The number of nitrogens with one attached hydrogen (secondary N) is 2. The van der Waals surface area contributed by atoms with Gasteiger partial charge in [0.05, 0.1) is 11.5 Å². The molecular formula is C13H13BrN2O4S. The van der Waals surface area contributed by atoms with Crippen molar-refractivity contribution >= 4 is 31.6 Å². The van der Waals surface area contributed by atoms with E-state index in [0.717, 1.165) is 0 Å². The van der Waals surface area contributed by atoms with E-state index in [1.54, 1.807) is 12.1 Å². The van der Waals surface area contributed by atoms with Gasteiger partial charge in [0.25, 0.3) is 15.6 Å². The Morgan fingerprint density at radius 2 is 1.95 bits per heavy atom. The van der Waals surface area contributed by atoms with Gasteiger partial charge in [-0.1, -0.05) is 0 Å². The van der Waals surface area contributed by atoms with E-state index in [4.69, 9.17) is 4.74 Å². The van der Waals surface area contributed by atoms with Gasteiger partial charge in [0.15, 0.2) is 0 Å². The van der Waals surface area contributed by atoms with E-state index >= 15 is 0 Å². The first-order valence-electron chi connectivity index (χ1n) is 6.06. The summed E-state index contributed by atoms with van der Waals surface area (Å²) in [5.41, 5.74) is -0.578. The van der Waals surface area contributed by atoms with Gasteiger partial charge in [-0.2, -0.15) is 0 Å². The molecule has 0 aliphatic heterocycles. The number of benzene rings is 1. The molecule has 0 aliphatic rings. The fraction of sp³-hybridized carbons (Fsp3) is 0.154. The van der Waals surface area contributed by atoms with E-state index in [-0.39, 0.29) is 10.6 Å². The van der Waals surface area contributed by atoms with E-state index in [0.29, 0.717) is 16.8 Å². The Morgan fingerprint density at radius 1 is 1.29 bits per heavy atom. The number of aromatic amines is 1. The van der Waals surface area contributed by atoms with Crippen LogP contribution in [0.4, 0.5) is 5.69 Å². The number of pyridine rings is 1. The van der Waals surface area contributed by atoms with Crippen molar-refractivity contribution in [3.63, 3.8) is 0 Å². The minimum absolute atomic E-state index is 0.0466. The van der Waals surface area contributed by atoms with Crippen molar-refractivity contribution in [3.05, 3.63) is 51.4 Å². The number of aromatic nitrogens is 1. The molecule has 6 nitrogen and oxygen atoms in total. The number of anilines is 1. The third-order valence-corrected chi connectivity index (χ3v) is 4.40. The second-order valence-corrected chi connectivity index (χ2v) is 6.67. The predicted octanol–water partition coefficient (Wildman–Crippen LogP) is 2.34. The summed E-state index contributed by atoms with van der Waals surface area (Å²) in [5.74, 6) is 0.580. The molecule has 0 unspecified atom stereocenters. The zero-order chi connectivity index (χ0) is 15.5. The minimum atomic E-state index is -3.83. The van der Waals surface area contributed by atoms with Gasteiger partial charge in [-0.3, -0.25) is 9.52 Å². The number of hydrogen-bond acceptors (Lipinski definition) is 4. The zero-order valence-corrected chi connectivity index (χ0v) is 13.5. The van der Waals surface area contributed by atoms with E-state index in [2.05, 4.69) is 25.6 Å². The lowest BCUT2D eigenvalue weighted by Gasteiger charge is -2.08. The molecule has 21 heavy (non-hydrogen) atoms. The molecule has 0 aliphatic carbocycles. The molecular weight excluding hydrogens is 360 g/mol. The van der Waals surface area contributed by atoms with Crippen LogP contribution >= 0.6 is 15.9 Å². The second kappa shape index (κ2) is 6.31. The lowest BCUT2D eigenvalue weighted by Crippen LogP contribution is -2.20. The van der Waals surface area contributed by atoms with E-state index in [1.165, 1.54) is 24.4 Å². The van der Waals surface area contributed by atoms with Crippen LogP contribution in [0.25, 0.3) is 0 Å². The van der Waals surface area contributed by atoms with Crippen molar-refractivity contribution in [2.75, 3.05) is 11.3 Å². The van der Waals surface area contributed by atoms with E-state index < -0.39 is 15.6 Å². The molecule has 0 atom stereocenters. The van der Waals surface area contributed by atoms with Gasteiger partial charge >= 0.3 is 0 Å². The molecule has 0 saturated carbocycles. The average molecular weight is 373 g/mol. The van der Waals surface area contributed by atoms with Crippen LogP contribution in [-0.2, 0) is 10.0 Å². The number of H-pyrrole nitrogens is 1. The van der Waals surface area contributed by atoms with E-state index in [1.807, 2.05) is 6.92 Å². The van der Waals surface area contributed by atoms with Gasteiger partial charge in [-0.25, -0.2) is 8.42 Å². The van der Waals surface area contributed by atoms with Crippen molar-refractivity contribution in [1.29, 1.82) is 0 Å². The molecule has 0 spiro atoms. The van der Waals surface area contributed by atoms with Crippen LogP contribution in [0, 0.1) is 0 Å². The van der Waals surface area contributed by atoms with Crippen LogP contribution in [0.5, 0.6) is 5.75 Å². The maximum absolute atomic E-state index is 12.2. The van der Waals surface area contributed by atoms with Crippen LogP contribution in [0.3, 0.4) is 0 Å². The van der Waals surface area contributed by atoms with E-state index in [9.17, 15) is 13.2 Å². The SMILES string of the molecule is CCOc1ccc(S(=O)(=O)Nc2cc(Br)c[nH]c2=O)cc1. The summed E-state index contributed by atoms with van der Waals surface area (Å²) in [7, 11) is -3.83. The first-order valence-corrected chi connectivity index (χ1v) is 8.34. The highest BCUT2D eigenvalue weighted by molar-refractivity contribution is 9.10. The summed E-state index contributed by atoms with van der Waals surface area (Å²) in [6.45, 7) is 2.34. The van der Waals surface area contributed by atoms with Crippen molar-refractivity contribution in [2.45, 2.75) is 11.8 Å². The Morgan fingerprint density at radius 3 is 2.57 bits per heavy atom. The molecule has 112 valence electrons. The molecule has 0 bridgehead atoms. The molecule has 1 aromatic carbocycles. The van der Waals surface area contributed by atoms with Crippen molar-refractivity contribution in [3.8, 4) is 5.75 Å². The molecule has 8 heteroatoms. The minimum Gasteiger partial charge on any atom is -0.494 e. The molecule has 2 rings (SSSR count). The molecule has 0 saturated heterocycles. The molecule has 2 N–H and O–H groups in total. The van der Waals surface area contributed by atoms with Crippen molar-refractivity contribution in [1.82, 2.24) is 4.98 Å². The van der Waals surface area contributed by atoms with Gasteiger partial charge in [-0.15, -0.1) is 0 Å². The Labute approximate surface area is 130 Å². The number of halogens is 1. The first kappa shape index (κ1) is 15.6. The largest absolute Gasteiger partial charge is 0.494 e. The van der Waals surface area contributed by atoms with Gasteiger partial charge in [0.1, 0.15) is 11.4 Å². The highest BCUT2D eigenvalue weighted by Gasteiger charge is 2.16. The third-order valence-electron chi connectivity index (χ3n) is 2.56. The predicted molar refractivity (Wildman–Crippen MR) is 83.2 cm³/mol. The zero-order valence-electron chi connectivity index (χ0n) is 11.1. The lowest BCUT2D eigenvalue weighted by atomic mass is 10.3. The summed E-state index contributed by atoms with van der Waals surface area (Å²) in [6.07, 6.45) is 1.43. The summed E-state index contributed by atoms with van der Waals surface area (Å²) in [6, 6.07) is 7.34. The molecule has 1 heterocycles. The van der Waals surface area contributed by atoms with Crippen molar-refractivity contribution < 1.29 is 13.2 Å². The topological polar surface area (TPSA) is 88.3 Å². The number of rotatable bonds is 5. The lowest BCUT2D eigenvalue weighted by molar-refractivity contribution is 0.340. The number of sulfonamides is 1. The van der Waals surface area contributed by atoms with Gasteiger partial charge in [0.2, 0.25) is 0 Å². The summed E-state index contributed by atoms with van der Waals surface area (Å²) < 4.78 is 32.5. The second-order valence-electron chi connectivity index (χ2n) is 4.07.